The summed E-state index contributed by atoms with van der Waals surface area (Å²) in [7, 11) is -1.60. The first kappa shape index (κ1) is 13.5. The number of benzene rings is 1. The Balaban J connectivity index is 2.20. The van der Waals surface area contributed by atoms with Crippen LogP contribution in [0.4, 0.5) is 5.69 Å². The molecule has 1 fully saturated rings. The zero-order chi connectivity index (χ0) is 13.3. The van der Waals surface area contributed by atoms with E-state index in [2.05, 4.69) is 0 Å². The molecule has 1 aliphatic heterocycles. The van der Waals surface area contributed by atoms with Crippen LogP contribution in [0.2, 0.25) is 0 Å². The van der Waals surface area contributed by atoms with Crippen molar-refractivity contribution in [3.8, 4) is 5.75 Å². The Morgan fingerprint density at radius 1 is 1.44 bits per heavy atom. The van der Waals surface area contributed by atoms with E-state index in [0.29, 0.717) is 11.4 Å². The Hall–Kier alpha value is -0.920. The molecule has 7 heteroatoms. The van der Waals surface area contributed by atoms with Gasteiger partial charge in [-0.15, -0.1) is 11.8 Å². The zero-order valence-corrected chi connectivity index (χ0v) is 11.5. The summed E-state index contributed by atoms with van der Waals surface area (Å²) in [6.45, 7) is 0. The van der Waals surface area contributed by atoms with Gasteiger partial charge in [0.2, 0.25) is 0 Å². The summed E-state index contributed by atoms with van der Waals surface area (Å²) in [6, 6.07) is 5.18. The summed E-state index contributed by atoms with van der Waals surface area (Å²) in [4.78, 5) is 0.785. The number of rotatable bonds is 3. The number of hydrogen-bond donors (Lipinski definition) is 2. The van der Waals surface area contributed by atoms with Gasteiger partial charge in [-0.3, -0.25) is 0 Å². The fourth-order valence-corrected chi connectivity index (χ4v) is 5.47. The third-order valence-electron chi connectivity index (χ3n) is 2.74. The van der Waals surface area contributed by atoms with Gasteiger partial charge in [0.15, 0.2) is 9.84 Å². The molecule has 0 aromatic heterocycles. The quantitative estimate of drug-likeness (QED) is 0.789. The van der Waals surface area contributed by atoms with E-state index in [1.54, 1.807) is 18.2 Å². The first-order valence-corrected chi connectivity index (χ1v) is 8.10. The lowest BCUT2D eigenvalue weighted by Crippen LogP contribution is -2.19. The molecule has 5 nitrogen and oxygen atoms in total. The fourth-order valence-electron chi connectivity index (χ4n) is 1.85. The number of anilines is 1. The summed E-state index contributed by atoms with van der Waals surface area (Å²) >= 11 is 1.31. The molecule has 1 aliphatic rings. The summed E-state index contributed by atoms with van der Waals surface area (Å²) in [5, 5.41) is 9.38. The van der Waals surface area contributed by atoms with E-state index in [1.807, 2.05) is 0 Å². The number of nitrogen functional groups attached to an aromatic ring is 1. The second kappa shape index (κ2) is 4.99. The molecule has 1 saturated heterocycles. The van der Waals surface area contributed by atoms with Gasteiger partial charge in [-0.25, -0.2) is 8.42 Å². The lowest BCUT2D eigenvalue weighted by atomic mass is 10.3. The van der Waals surface area contributed by atoms with E-state index in [9.17, 15) is 13.5 Å². The van der Waals surface area contributed by atoms with Crippen LogP contribution in [0.15, 0.2) is 23.1 Å². The minimum absolute atomic E-state index is 0.00758. The molecule has 100 valence electrons. The van der Waals surface area contributed by atoms with Gasteiger partial charge in [-0.1, -0.05) is 0 Å². The monoisotopic (exact) mass is 289 g/mol. The molecule has 0 spiro atoms. The number of thioether (sulfide) groups is 1. The highest BCUT2D eigenvalue weighted by Gasteiger charge is 2.37. The van der Waals surface area contributed by atoms with E-state index in [0.717, 1.165) is 4.90 Å². The van der Waals surface area contributed by atoms with Crippen molar-refractivity contribution in [2.24, 2.45) is 0 Å². The average molecular weight is 289 g/mol. The predicted molar refractivity (Wildman–Crippen MR) is 71.7 cm³/mol. The van der Waals surface area contributed by atoms with Crippen LogP contribution >= 0.6 is 11.8 Å². The van der Waals surface area contributed by atoms with Crippen LogP contribution in [0.5, 0.6) is 5.75 Å². The van der Waals surface area contributed by atoms with Crippen molar-refractivity contribution in [3.63, 3.8) is 0 Å². The van der Waals surface area contributed by atoms with Crippen LogP contribution in [0, 0.1) is 0 Å². The normalized spacial score (nSPS) is 26.1. The molecule has 0 radical (unpaired) electrons. The van der Waals surface area contributed by atoms with E-state index < -0.39 is 15.9 Å². The maximum atomic E-state index is 11.4. The number of nitrogens with two attached hydrogens (primary N) is 1. The molecule has 1 aromatic carbocycles. The molecule has 1 heterocycles. The van der Waals surface area contributed by atoms with Gasteiger partial charge >= 0.3 is 0 Å². The summed E-state index contributed by atoms with van der Waals surface area (Å²) in [5.41, 5.74) is 6.23. The fraction of sp³-hybridized carbons (Fsp3) is 0.455. The van der Waals surface area contributed by atoms with Crippen LogP contribution in [-0.4, -0.2) is 43.5 Å². The van der Waals surface area contributed by atoms with Gasteiger partial charge in [-0.05, 0) is 12.1 Å². The number of hydrogen-bond acceptors (Lipinski definition) is 6. The number of ether oxygens (including phenoxy) is 1. The van der Waals surface area contributed by atoms with Gasteiger partial charge < -0.3 is 15.6 Å². The highest BCUT2D eigenvalue weighted by molar-refractivity contribution is 8.02. The lowest BCUT2D eigenvalue weighted by molar-refractivity contribution is 0.207. The van der Waals surface area contributed by atoms with E-state index >= 15 is 0 Å². The maximum Gasteiger partial charge on any atom is 0.154 e. The molecular weight excluding hydrogens is 274 g/mol. The predicted octanol–water partition coefficient (Wildman–Crippen LogP) is 0.527. The first-order chi connectivity index (χ1) is 8.41. The largest absolute Gasteiger partial charge is 0.496 e. The average Bonchev–Trinajstić information content (AvgIpc) is 2.54. The third kappa shape index (κ3) is 2.90. The highest BCUT2D eigenvalue weighted by atomic mass is 32.2. The number of aliphatic hydroxyl groups excluding tert-OH is 1. The molecule has 2 unspecified atom stereocenters. The van der Waals surface area contributed by atoms with Crippen molar-refractivity contribution in [1.82, 2.24) is 0 Å². The van der Waals surface area contributed by atoms with Gasteiger partial charge in [-0.2, -0.15) is 0 Å². The molecule has 0 aliphatic carbocycles. The second-order valence-electron chi connectivity index (χ2n) is 4.21. The molecule has 3 N–H and O–H groups in total. The van der Waals surface area contributed by atoms with Crippen LogP contribution in [0.25, 0.3) is 0 Å². The Labute approximate surface area is 110 Å². The molecule has 2 atom stereocenters. The molecule has 2 rings (SSSR count). The summed E-state index contributed by atoms with van der Waals surface area (Å²) in [5.74, 6) is 0.422. The van der Waals surface area contributed by atoms with Crippen molar-refractivity contribution in [3.05, 3.63) is 18.2 Å². The first-order valence-electron chi connectivity index (χ1n) is 5.40. The topological polar surface area (TPSA) is 89.6 Å². The number of sulfone groups is 1. The number of methoxy groups -OCH3 is 1. The third-order valence-corrected chi connectivity index (χ3v) is 6.04. The van der Waals surface area contributed by atoms with Crippen LogP contribution in [0.1, 0.15) is 0 Å². The molecule has 0 bridgehead atoms. The minimum atomic E-state index is -3.13. The van der Waals surface area contributed by atoms with Crippen LogP contribution < -0.4 is 10.5 Å². The molecule has 0 amide bonds. The number of aliphatic hydroxyl groups is 1. The van der Waals surface area contributed by atoms with Crippen LogP contribution in [0.3, 0.4) is 0 Å². The van der Waals surface area contributed by atoms with Crippen molar-refractivity contribution < 1.29 is 18.3 Å². The van der Waals surface area contributed by atoms with Gasteiger partial charge in [0.25, 0.3) is 0 Å². The van der Waals surface area contributed by atoms with Gasteiger partial charge in [0.05, 0.1) is 30.0 Å². The summed E-state index contributed by atoms with van der Waals surface area (Å²) in [6.07, 6.45) is -0.831. The smallest absolute Gasteiger partial charge is 0.154 e. The molecule has 1 aromatic rings. The lowest BCUT2D eigenvalue weighted by Gasteiger charge is -2.14. The Morgan fingerprint density at radius 3 is 2.72 bits per heavy atom. The van der Waals surface area contributed by atoms with Crippen molar-refractivity contribution in [1.29, 1.82) is 0 Å². The highest BCUT2D eigenvalue weighted by Crippen LogP contribution is 2.37. The maximum absolute atomic E-state index is 11.4. The zero-order valence-electron chi connectivity index (χ0n) is 9.87. The second-order valence-corrected chi connectivity index (χ2v) is 7.65. The SMILES string of the molecule is COc1cc(N)ccc1SC1CS(=O)(=O)CC1O. The summed E-state index contributed by atoms with van der Waals surface area (Å²) < 4.78 is 28.0. The van der Waals surface area contributed by atoms with Crippen molar-refractivity contribution in [2.45, 2.75) is 16.2 Å². The minimum Gasteiger partial charge on any atom is -0.496 e. The van der Waals surface area contributed by atoms with E-state index in [-0.39, 0.29) is 16.8 Å². The van der Waals surface area contributed by atoms with Crippen LogP contribution in [-0.2, 0) is 9.84 Å². The molecule has 18 heavy (non-hydrogen) atoms. The van der Waals surface area contributed by atoms with Gasteiger partial charge in [0.1, 0.15) is 5.75 Å². The van der Waals surface area contributed by atoms with Gasteiger partial charge in [0, 0.05) is 16.6 Å². The van der Waals surface area contributed by atoms with E-state index in [4.69, 9.17) is 10.5 Å². The Bertz CT molecular complexity index is 544. The molecule has 0 saturated carbocycles. The Kier molecular flexibility index (Phi) is 3.74. The standard InChI is InChI=1S/C11H15NO4S2/c1-16-9-4-7(12)2-3-10(9)17-11-6-18(14,15)5-8(11)13/h2-4,8,11,13H,5-6,12H2,1H3. The van der Waals surface area contributed by atoms with E-state index in [1.165, 1.54) is 18.9 Å². The molecular formula is C11H15NO4S2. The Morgan fingerprint density at radius 2 is 2.17 bits per heavy atom. The van der Waals surface area contributed by atoms with Crippen molar-refractivity contribution >= 4 is 27.3 Å². The van der Waals surface area contributed by atoms with Crippen molar-refractivity contribution in [2.75, 3.05) is 24.3 Å².